The molecule has 1 aromatic rings. The summed E-state index contributed by atoms with van der Waals surface area (Å²) in [5.41, 5.74) is 6.63. The average Bonchev–Trinajstić information content (AvgIpc) is 2.30. The van der Waals surface area contributed by atoms with Gasteiger partial charge in [-0.15, -0.1) is 0 Å². The van der Waals surface area contributed by atoms with Gasteiger partial charge in [0, 0.05) is 19.3 Å². The molecular formula is C10H13N3O2. The summed E-state index contributed by atoms with van der Waals surface area (Å²) in [6.07, 6.45) is 3.07. The molecule has 1 aliphatic rings. The fourth-order valence-corrected chi connectivity index (χ4v) is 1.54. The Bertz CT molecular complexity index is 361. The minimum atomic E-state index is -0.0433. The molecule has 0 aromatic carbocycles. The number of nitrogens with two attached hydrogens (primary N) is 1. The lowest BCUT2D eigenvalue weighted by molar-refractivity contribution is 0.0303. The number of carbonyl (C=O) groups excluding carboxylic acids is 1. The molecule has 0 radical (unpaired) electrons. The van der Waals surface area contributed by atoms with E-state index in [2.05, 4.69) is 4.98 Å². The first-order valence-electron chi connectivity index (χ1n) is 4.85. The Hall–Kier alpha value is -1.62. The largest absolute Gasteiger partial charge is 0.397 e. The van der Waals surface area contributed by atoms with E-state index in [1.165, 1.54) is 6.20 Å². The van der Waals surface area contributed by atoms with E-state index in [9.17, 15) is 4.79 Å². The van der Waals surface area contributed by atoms with Crippen LogP contribution in [0.1, 0.15) is 10.4 Å². The number of hydrogen-bond acceptors (Lipinski definition) is 4. The van der Waals surface area contributed by atoms with E-state index in [4.69, 9.17) is 10.5 Å². The zero-order valence-corrected chi connectivity index (χ0v) is 8.35. The van der Waals surface area contributed by atoms with Crippen molar-refractivity contribution in [2.75, 3.05) is 32.0 Å². The first kappa shape index (κ1) is 9.92. The molecule has 2 N–H and O–H groups in total. The number of anilines is 1. The third kappa shape index (κ3) is 2.07. The third-order valence-electron chi connectivity index (χ3n) is 2.38. The maximum absolute atomic E-state index is 12.0. The Kier molecular flexibility index (Phi) is 2.82. The molecule has 0 bridgehead atoms. The Labute approximate surface area is 87.8 Å². The van der Waals surface area contributed by atoms with E-state index >= 15 is 0 Å². The summed E-state index contributed by atoms with van der Waals surface area (Å²) in [5, 5.41) is 0. The van der Waals surface area contributed by atoms with Crippen molar-refractivity contribution in [1.29, 1.82) is 0 Å². The maximum Gasteiger partial charge on any atom is 0.256 e. The van der Waals surface area contributed by atoms with Crippen LogP contribution in [0.4, 0.5) is 5.69 Å². The second-order valence-electron chi connectivity index (χ2n) is 3.37. The second kappa shape index (κ2) is 4.27. The highest BCUT2D eigenvalue weighted by Gasteiger charge is 2.19. The van der Waals surface area contributed by atoms with Gasteiger partial charge in [0.1, 0.15) is 0 Å². The van der Waals surface area contributed by atoms with E-state index < -0.39 is 0 Å². The molecule has 0 atom stereocenters. The molecule has 0 spiro atoms. The summed E-state index contributed by atoms with van der Waals surface area (Å²) in [4.78, 5) is 17.6. The molecule has 1 saturated heterocycles. The molecule has 1 aliphatic heterocycles. The van der Waals surface area contributed by atoms with Crippen molar-refractivity contribution >= 4 is 11.6 Å². The minimum absolute atomic E-state index is 0.0433. The lowest BCUT2D eigenvalue weighted by atomic mass is 10.2. The van der Waals surface area contributed by atoms with Crippen LogP contribution in [-0.2, 0) is 4.74 Å². The first-order chi connectivity index (χ1) is 7.29. The summed E-state index contributed by atoms with van der Waals surface area (Å²) in [7, 11) is 0. The second-order valence-corrected chi connectivity index (χ2v) is 3.37. The number of hydrogen-bond donors (Lipinski definition) is 1. The quantitative estimate of drug-likeness (QED) is 0.711. The standard InChI is InChI=1S/C10H13N3O2/c11-9-7-12-2-1-8(9)10(14)13-3-5-15-6-4-13/h1-2,7H,3-6,11H2. The lowest BCUT2D eigenvalue weighted by Gasteiger charge is -2.27. The van der Waals surface area contributed by atoms with Gasteiger partial charge in [0.15, 0.2) is 0 Å². The van der Waals surface area contributed by atoms with Crippen molar-refractivity contribution in [2.24, 2.45) is 0 Å². The number of carbonyl (C=O) groups is 1. The van der Waals surface area contributed by atoms with E-state index in [0.29, 0.717) is 37.6 Å². The van der Waals surface area contributed by atoms with Crippen LogP contribution in [-0.4, -0.2) is 42.1 Å². The molecule has 1 fully saturated rings. The minimum Gasteiger partial charge on any atom is -0.397 e. The Morgan fingerprint density at radius 2 is 2.20 bits per heavy atom. The lowest BCUT2D eigenvalue weighted by Crippen LogP contribution is -2.40. The number of rotatable bonds is 1. The molecule has 0 aliphatic carbocycles. The number of aromatic nitrogens is 1. The predicted octanol–water partition coefficient (Wildman–Crippen LogP) is 0.136. The van der Waals surface area contributed by atoms with Crippen LogP contribution in [0.5, 0.6) is 0 Å². The molecule has 0 unspecified atom stereocenters. The topological polar surface area (TPSA) is 68.5 Å². The third-order valence-corrected chi connectivity index (χ3v) is 2.38. The van der Waals surface area contributed by atoms with Gasteiger partial charge < -0.3 is 15.4 Å². The zero-order valence-electron chi connectivity index (χ0n) is 8.35. The van der Waals surface area contributed by atoms with Crippen molar-refractivity contribution in [3.8, 4) is 0 Å². The van der Waals surface area contributed by atoms with Crippen LogP contribution in [0.15, 0.2) is 18.5 Å². The molecular weight excluding hydrogens is 194 g/mol. The SMILES string of the molecule is Nc1cnccc1C(=O)N1CCOCC1. The number of amides is 1. The van der Waals surface area contributed by atoms with Crippen molar-refractivity contribution < 1.29 is 9.53 Å². The highest BCUT2D eigenvalue weighted by molar-refractivity contribution is 5.98. The maximum atomic E-state index is 12.0. The normalized spacial score (nSPS) is 16.4. The van der Waals surface area contributed by atoms with Gasteiger partial charge in [-0.2, -0.15) is 0 Å². The van der Waals surface area contributed by atoms with Gasteiger partial charge in [-0.25, -0.2) is 0 Å². The van der Waals surface area contributed by atoms with Gasteiger partial charge in [-0.05, 0) is 6.07 Å². The molecule has 1 amide bonds. The number of pyridine rings is 1. The fraction of sp³-hybridized carbons (Fsp3) is 0.400. The summed E-state index contributed by atoms with van der Waals surface area (Å²) in [5.74, 6) is -0.0433. The number of morpholine rings is 1. The van der Waals surface area contributed by atoms with E-state index in [1.807, 2.05) is 0 Å². The van der Waals surface area contributed by atoms with Crippen LogP contribution < -0.4 is 5.73 Å². The number of nitrogen functional groups attached to an aromatic ring is 1. The molecule has 5 heteroatoms. The van der Waals surface area contributed by atoms with Gasteiger partial charge in [-0.1, -0.05) is 0 Å². The molecule has 0 saturated carbocycles. The smallest absolute Gasteiger partial charge is 0.256 e. The van der Waals surface area contributed by atoms with E-state index in [1.54, 1.807) is 17.2 Å². The molecule has 2 heterocycles. The summed E-state index contributed by atoms with van der Waals surface area (Å²) in [6, 6.07) is 1.65. The van der Waals surface area contributed by atoms with Crippen molar-refractivity contribution in [1.82, 2.24) is 9.88 Å². The predicted molar refractivity (Wildman–Crippen MR) is 55.4 cm³/mol. The van der Waals surface area contributed by atoms with Crippen LogP contribution in [0, 0.1) is 0 Å². The molecule has 1 aromatic heterocycles. The van der Waals surface area contributed by atoms with Gasteiger partial charge in [-0.3, -0.25) is 9.78 Å². The summed E-state index contributed by atoms with van der Waals surface area (Å²) < 4.78 is 5.18. The Morgan fingerprint density at radius 3 is 2.87 bits per heavy atom. The van der Waals surface area contributed by atoms with Crippen LogP contribution in [0.25, 0.3) is 0 Å². The molecule has 80 valence electrons. The number of ether oxygens (including phenoxy) is 1. The Balaban J connectivity index is 2.16. The number of nitrogens with zero attached hydrogens (tertiary/aromatic N) is 2. The van der Waals surface area contributed by atoms with Crippen molar-refractivity contribution in [3.05, 3.63) is 24.0 Å². The molecule has 2 rings (SSSR count). The molecule has 5 nitrogen and oxygen atoms in total. The van der Waals surface area contributed by atoms with Gasteiger partial charge >= 0.3 is 0 Å². The van der Waals surface area contributed by atoms with Gasteiger partial charge in [0.25, 0.3) is 5.91 Å². The van der Waals surface area contributed by atoms with Crippen LogP contribution >= 0.6 is 0 Å². The van der Waals surface area contributed by atoms with Crippen LogP contribution in [0.2, 0.25) is 0 Å². The molecule has 15 heavy (non-hydrogen) atoms. The Morgan fingerprint density at radius 1 is 1.47 bits per heavy atom. The van der Waals surface area contributed by atoms with Gasteiger partial charge in [0.05, 0.1) is 30.7 Å². The van der Waals surface area contributed by atoms with E-state index in [-0.39, 0.29) is 5.91 Å². The van der Waals surface area contributed by atoms with Crippen molar-refractivity contribution in [2.45, 2.75) is 0 Å². The highest BCUT2D eigenvalue weighted by Crippen LogP contribution is 2.12. The van der Waals surface area contributed by atoms with E-state index in [0.717, 1.165) is 0 Å². The fourth-order valence-electron chi connectivity index (χ4n) is 1.54. The average molecular weight is 207 g/mol. The zero-order chi connectivity index (χ0) is 10.7. The summed E-state index contributed by atoms with van der Waals surface area (Å²) in [6.45, 7) is 2.44. The van der Waals surface area contributed by atoms with Gasteiger partial charge in [0.2, 0.25) is 0 Å². The highest BCUT2D eigenvalue weighted by atomic mass is 16.5. The van der Waals surface area contributed by atoms with Crippen molar-refractivity contribution in [3.63, 3.8) is 0 Å². The monoisotopic (exact) mass is 207 g/mol. The first-order valence-corrected chi connectivity index (χ1v) is 4.85. The van der Waals surface area contributed by atoms with Crippen LogP contribution in [0.3, 0.4) is 0 Å². The summed E-state index contributed by atoms with van der Waals surface area (Å²) >= 11 is 0.